The Labute approximate surface area is 156 Å². The van der Waals surface area contributed by atoms with Crippen LogP contribution in [0.25, 0.3) is 0 Å². The molecule has 1 fully saturated rings. The first-order valence-electron chi connectivity index (χ1n) is 9.61. The number of hydrogen-bond donors (Lipinski definition) is 0. The zero-order chi connectivity index (χ0) is 19.3. The van der Waals surface area contributed by atoms with Crippen molar-refractivity contribution in [2.75, 3.05) is 18.0 Å². The van der Waals surface area contributed by atoms with Crippen LogP contribution in [0.1, 0.15) is 65.4 Å². The van der Waals surface area contributed by atoms with E-state index in [1.165, 1.54) is 19.3 Å². The quantitative estimate of drug-likeness (QED) is 0.351. The molecule has 0 aromatic heterocycles. The summed E-state index contributed by atoms with van der Waals surface area (Å²) in [4.78, 5) is 24.5. The Morgan fingerprint density at radius 1 is 1.27 bits per heavy atom. The van der Waals surface area contributed by atoms with Crippen LogP contribution in [0, 0.1) is 20.9 Å². The molecule has 0 unspecified atom stereocenters. The van der Waals surface area contributed by atoms with E-state index in [0.29, 0.717) is 17.6 Å². The highest BCUT2D eigenvalue weighted by Gasteiger charge is 2.30. The minimum Gasteiger partial charge on any atom is -0.363 e. The molecule has 0 bridgehead atoms. The van der Waals surface area contributed by atoms with Gasteiger partial charge in [-0.3, -0.25) is 10.1 Å². The molecule has 0 N–H and O–H groups in total. The number of nitro benzene ring substituents is 1. The van der Waals surface area contributed by atoms with Gasteiger partial charge in [-0.05, 0) is 30.4 Å². The van der Waals surface area contributed by atoms with Gasteiger partial charge < -0.3 is 4.90 Å². The van der Waals surface area contributed by atoms with Gasteiger partial charge in [0.05, 0.1) is 11.5 Å². The smallest absolute Gasteiger partial charge is 0.292 e. The number of benzene rings is 1. The molecule has 0 heterocycles. The van der Waals surface area contributed by atoms with Gasteiger partial charge in [0, 0.05) is 24.1 Å². The molecule has 0 spiro atoms. The second-order valence-corrected chi connectivity index (χ2v) is 8.47. The molecule has 1 aromatic carbocycles. The van der Waals surface area contributed by atoms with E-state index in [1.807, 2.05) is 26.0 Å². The monoisotopic (exact) mass is 361 g/mol. The van der Waals surface area contributed by atoms with E-state index in [0.717, 1.165) is 24.9 Å². The van der Waals surface area contributed by atoms with Gasteiger partial charge in [0.1, 0.15) is 5.69 Å². The summed E-state index contributed by atoms with van der Waals surface area (Å²) in [5.41, 5.74) is 1.10. The predicted molar refractivity (Wildman–Crippen MR) is 106 cm³/mol. The van der Waals surface area contributed by atoms with Crippen molar-refractivity contribution >= 4 is 11.4 Å². The molecule has 0 atom stereocenters. The van der Waals surface area contributed by atoms with Crippen molar-refractivity contribution in [3.05, 3.63) is 38.8 Å². The van der Waals surface area contributed by atoms with Gasteiger partial charge in [-0.25, -0.2) is 0 Å². The standard InChI is InChI=1S/C20H31N3O3/c1-15(2)13-22(17-8-6-5-7-9-17)18-11-10-16(12-19(18)23(25)26)20(3,4)14-21-24/h10-12,15,17H,5-9,13-14H2,1-4H3. The summed E-state index contributed by atoms with van der Waals surface area (Å²) in [5, 5.41) is 14.8. The summed E-state index contributed by atoms with van der Waals surface area (Å²) >= 11 is 0. The van der Waals surface area contributed by atoms with Crippen LogP contribution in [0.4, 0.5) is 11.4 Å². The van der Waals surface area contributed by atoms with E-state index in [1.54, 1.807) is 6.07 Å². The van der Waals surface area contributed by atoms with Crippen LogP contribution in [-0.2, 0) is 5.41 Å². The molecule has 6 heteroatoms. The average Bonchev–Trinajstić information content (AvgIpc) is 2.59. The van der Waals surface area contributed by atoms with Gasteiger partial charge >= 0.3 is 0 Å². The second kappa shape index (κ2) is 8.60. The zero-order valence-corrected chi connectivity index (χ0v) is 16.4. The van der Waals surface area contributed by atoms with Crippen LogP contribution < -0.4 is 4.90 Å². The van der Waals surface area contributed by atoms with E-state index < -0.39 is 5.41 Å². The molecule has 0 aliphatic heterocycles. The number of nitro groups is 1. The number of rotatable bonds is 8. The van der Waals surface area contributed by atoms with Crippen molar-refractivity contribution in [1.29, 1.82) is 0 Å². The number of nitroso groups, excluding NO2 is 1. The van der Waals surface area contributed by atoms with E-state index in [4.69, 9.17) is 0 Å². The van der Waals surface area contributed by atoms with Crippen molar-refractivity contribution in [1.82, 2.24) is 0 Å². The van der Waals surface area contributed by atoms with E-state index in [-0.39, 0.29) is 17.2 Å². The maximum absolute atomic E-state index is 11.8. The Balaban J connectivity index is 2.46. The van der Waals surface area contributed by atoms with E-state index in [9.17, 15) is 15.0 Å². The summed E-state index contributed by atoms with van der Waals surface area (Å²) in [5.74, 6) is 0.423. The topological polar surface area (TPSA) is 75.8 Å². The normalized spacial score (nSPS) is 15.9. The van der Waals surface area contributed by atoms with Gasteiger partial charge in [-0.15, -0.1) is 0 Å². The van der Waals surface area contributed by atoms with Gasteiger partial charge in [0.25, 0.3) is 5.69 Å². The number of anilines is 1. The Morgan fingerprint density at radius 2 is 1.92 bits per heavy atom. The van der Waals surface area contributed by atoms with Crippen LogP contribution >= 0.6 is 0 Å². The minimum atomic E-state index is -0.515. The highest BCUT2D eigenvalue weighted by molar-refractivity contribution is 5.65. The van der Waals surface area contributed by atoms with Gasteiger partial charge in [-0.1, -0.05) is 58.2 Å². The van der Waals surface area contributed by atoms with Crippen molar-refractivity contribution in [3.63, 3.8) is 0 Å². The van der Waals surface area contributed by atoms with Crippen molar-refractivity contribution in [3.8, 4) is 0 Å². The molecule has 144 valence electrons. The average molecular weight is 361 g/mol. The Morgan fingerprint density at radius 3 is 2.46 bits per heavy atom. The van der Waals surface area contributed by atoms with E-state index in [2.05, 4.69) is 23.9 Å². The van der Waals surface area contributed by atoms with Gasteiger partial charge in [0.15, 0.2) is 0 Å². The lowest BCUT2D eigenvalue weighted by atomic mass is 9.84. The fourth-order valence-electron chi connectivity index (χ4n) is 3.82. The summed E-state index contributed by atoms with van der Waals surface area (Å²) < 4.78 is 0. The van der Waals surface area contributed by atoms with Crippen molar-refractivity contribution in [2.45, 2.75) is 71.3 Å². The molecule has 0 radical (unpaired) electrons. The second-order valence-electron chi connectivity index (χ2n) is 8.47. The summed E-state index contributed by atoms with van der Waals surface area (Å²) in [6.45, 7) is 8.98. The lowest BCUT2D eigenvalue weighted by Crippen LogP contribution is -2.39. The lowest BCUT2D eigenvalue weighted by molar-refractivity contribution is -0.384. The van der Waals surface area contributed by atoms with Gasteiger partial charge in [0.2, 0.25) is 0 Å². The third-order valence-corrected chi connectivity index (χ3v) is 5.30. The Kier molecular flexibility index (Phi) is 6.73. The molecule has 0 saturated heterocycles. The number of nitrogens with zero attached hydrogens (tertiary/aromatic N) is 3. The molecule has 1 aliphatic carbocycles. The summed E-state index contributed by atoms with van der Waals surface area (Å²) in [6.07, 6.45) is 5.80. The number of hydrogen-bond acceptors (Lipinski definition) is 5. The summed E-state index contributed by atoms with van der Waals surface area (Å²) in [6, 6.07) is 5.79. The molecular formula is C20H31N3O3. The predicted octanol–water partition coefficient (Wildman–Crippen LogP) is 5.43. The molecule has 1 saturated carbocycles. The first kappa shape index (κ1) is 20.3. The minimum absolute atomic E-state index is 0.0990. The third kappa shape index (κ3) is 4.80. The van der Waals surface area contributed by atoms with Crippen LogP contribution in [0.2, 0.25) is 0 Å². The molecule has 1 aromatic rings. The fourth-order valence-corrected chi connectivity index (χ4v) is 3.82. The van der Waals surface area contributed by atoms with Crippen LogP contribution in [0.5, 0.6) is 0 Å². The lowest BCUT2D eigenvalue weighted by Gasteiger charge is -2.37. The van der Waals surface area contributed by atoms with Crippen molar-refractivity contribution in [2.24, 2.45) is 11.1 Å². The fraction of sp³-hybridized carbons (Fsp3) is 0.700. The molecule has 0 amide bonds. The van der Waals surface area contributed by atoms with Crippen LogP contribution in [0.3, 0.4) is 0 Å². The Bertz CT molecular complexity index is 637. The highest BCUT2D eigenvalue weighted by atomic mass is 16.6. The van der Waals surface area contributed by atoms with Crippen LogP contribution in [0.15, 0.2) is 23.4 Å². The third-order valence-electron chi connectivity index (χ3n) is 5.30. The SMILES string of the molecule is CC(C)CN(c1ccc(C(C)(C)CN=O)cc1[N+](=O)[O-])C1CCCCC1. The first-order chi connectivity index (χ1) is 12.3. The first-order valence-corrected chi connectivity index (χ1v) is 9.61. The Hall–Kier alpha value is -1.98. The molecule has 26 heavy (non-hydrogen) atoms. The maximum atomic E-state index is 11.8. The molecule has 2 rings (SSSR count). The molecule has 6 nitrogen and oxygen atoms in total. The maximum Gasteiger partial charge on any atom is 0.292 e. The molecular weight excluding hydrogens is 330 g/mol. The van der Waals surface area contributed by atoms with Crippen molar-refractivity contribution < 1.29 is 4.92 Å². The molecule has 1 aliphatic rings. The van der Waals surface area contributed by atoms with Gasteiger partial charge in [-0.2, -0.15) is 4.91 Å². The summed E-state index contributed by atoms with van der Waals surface area (Å²) in [7, 11) is 0. The van der Waals surface area contributed by atoms with Crippen LogP contribution in [-0.4, -0.2) is 24.1 Å². The zero-order valence-electron chi connectivity index (χ0n) is 16.4. The van der Waals surface area contributed by atoms with E-state index >= 15 is 0 Å². The highest BCUT2D eigenvalue weighted by Crippen LogP contribution is 2.37. The largest absolute Gasteiger partial charge is 0.363 e.